The van der Waals surface area contributed by atoms with E-state index >= 15 is 0 Å². The van der Waals surface area contributed by atoms with Crippen molar-refractivity contribution in [2.75, 3.05) is 7.11 Å². The van der Waals surface area contributed by atoms with Crippen LogP contribution >= 0.6 is 15.9 Å². The van der Waals surface area contributed by atoms with Gasteiger partial charge in [-0.15, -0.1) is 0 Å². The molecule has 0 aliphatic heterocycles. The third-order valence-corrected chi connectivity index (χ3v) is 1.57. The third-order valence-electron chi connectivity index (χ3n) is 0.868. The van der Waals surface area contributed by atoms with E-state index in [-0.39, 0.29) is 0 Å². The van der Waals surface area contributed by atoms with E-state index in [1.54, 1.807) is 0 Å². The molecule has 0 heterocycles. The number of hydrogen-bond donors (Lipinski definition) is 0. The van der Waals surface area contributed by atoms with Gasteiger partial charge in [-0.1, -0.05) is 15.9 Å². The van der Waals surface area contributed by atoms with Crippen LogP contribution in [-0.2, 0) is 9.53 Å². The van der Waals surface area contributed by atoms with Crippen LogP contribution in [0.1, 0.15) is 6.42 Å². The SMILES string of the molecule is COC(=O)[C@H](Br)CC(F)(F)F. The van der Waals surface area contributed by atoms with Crippen molar-refractivity contribution in [2.45, 2.75) is 17.4 Å². The number of ether oxygens (including phenoxy) is 1. The first-order valence-electron chi connectivity index (χ1n) is 2.65. The molecule has 0 radical (unpaired) electrons. The summed E-state index contributed by atoms with van der Waals surface area (Å²) < 4.78 is 38.8. The van der Waals surface area contributed by atoms with Crippen LogP contribution in [0.5, 0.6) is 0 Å². The molecule has 2 nitrogen and oxygen atoms in total. The largest absolute Gasteiger partial charge is 0.468 e. The number of carbonyl (C=O) groups excluding carboxylic acids is 1. The molecule has 0 spiro atoms. The van der Waals surface area contributed by atoms with Gasteiger partial charge in [0.05, 0.1) is 13.5 Å². The van der Waals surface area contributed by atoms with Gasteiger partial charge in [-0.05, 0) is 0 Å². The summed E-state index contributed by atoms with van der Waals surface area (Å²) in [5.74, 6) is -0.915. The average Bonchev–Trinajstić information content (AvgIpc) is 1.82. The van der Waals surface area contributed by atoms with Gasteiger partial charge in [0.2, 0.25) is 0 Å². The highest BCUT2D eigenvalue weighted by molar-refractivity contribution is 9.10. The molecule has 0 aromatic heterocycles. The van der Waals surface area contributed by atoms with E-state index < -0.39 is 23.4 Å². The van der Waals surface area contributed by atoms with Crippen LogP contribution in [0, 0.1) is 0 Å². The molecule has 0 saturated heterocycles. The van der Waals surface area contributed by atoms with E-state index in [0.29, 0.717) is 0 Å². The molecule has 0 aliphatic rings. The van der Waals surface area contributed by atoms with Crippen molar-refractivity contribution in [3.05, 3.63) is 0 Å². The smallest absolute Gasteiger partial charge is 0.390 e. The van der Waals surface area contributed by atoms with Gasteiger partial charge < -0.3 is 4.74 Å². The number of halogens is 4. The van der Waals surface area contributed by atoms with E-state index in [1.165, 1.54) is 0 Å². The molecule has 0 aromatic rings. The van der Waals surface area contributed by atoms with Crippen molar-refractivity contribution >= 4 is 21.9 Å². The van der Waals surface area contributed by atoms with Gasteiger partial charge >= 0.3 is 12.1 Å². The van der Waals surface area contributed by atoms with E-state index in [1.807, 2.05) is 0 Å². The second-order valence-corrected chi connectivity index (χ2v) is 2.92. The summed E-state index contributed by atoms with van der Waals surface area (Å²) in [5, 5.41) is 0. The summed E-state index contributed by atoms with van der Waals surface area (Å²) in [5.41, 5.74) is 0. The Labute approximate surface area is 69.8 Å². The van der Waals surface area contributed by atoms with Gasteiger partial charge in [0.25, 0.3) is 0 Å². The fourth-order valence-corrected chi connectivity index (χ4v) is 0.968. The molecule has 0 bridgehead atoms. The zero-order valence-corrected chi connectivity index (χ0v) is 7.20. The van der Waals surface area contributed by atoms with E-state index in [9.17, 15) is 18.0 Å². The molecule has 0 unspecified atom stereocenters. The fraction of sp³-hybridized carbons (Fsp3) is 0.800. The minimum Gasteiger partial charge on any atom is -0.468 e. The van der Waals surface area contributed by atoms with Crippen molar-refractivity contribution in [3.8, 4) is 0 Å². The molecular weight excluding hydrogens is 229 g/mol. The van der Waals surface area contributed by atoms with Crippen LogP contribution in [0.4, 0.5) is 13.2 Å². The molecule has 0 amide bonds. The van der Waals surface area contributed by atoms with E-state index in [4.69, 9.17) is 0 Å². The zero-order valence-electron chi connectivity index (χ0n) is 5.61. The van der Waals surface area contributed by atoms with Gasteiger partial charge in [-0.3, -0.25) is 4.79 Å². The fourth-order valence-electron chi connectivity index (χ4n) is 0.414. The van der Waals surface area contributed by atoms with Crippen LogP contribution in [0.25, 0.3) is 0 Å². The Morgan fingerprint density at radius 3 is 2.36 bits per heavy atom. The third kappa shape index (κ3) is 5.06. The lowest BCUT2D eigenvalue weighted by Gasteiger charge is -2.09. The maximum Gasteiger partial charge on any atom is 0.390 e. The van der Waals surface area contributed by atoms with Crippen LogP contribution in [0.3, 0.4) is 0 Å². The summed E-state index contributed by atoms with van der Waals surface area (Å²) in [6, 6.07) is 0. The Kier molecular flexibility index (Phi) is 3.85. The van der Waals surface area contributed by atoms with Gasteiger partial charge in [0.15, 0.2) is 0 Å². The van der Waals surface area contributed by atoms with E-state index in [2.05, 4.69) is 20.7 Å². The van der Waals surface area contributed by atoms with Crippen molar-refractivity contribution in [1.29, 1.82) is 0 Å². The highest BCUT2D eigenvalue weighted by Crippen LogP contribution is 2.25. The predicted octanol–water partition coefficient (Wildman–Crippen LogP) is 1.88. The molecule has 0 saturated carbocycles. The van der Waals surface area contributed by atoms with Crippen LogP contribution in [0.2, 0.25) is 0 Å². The highest BCUT2D eigenvalue weighted by Gasteiger charge is 2.34. The quantitative estimate of drug-likeness (QED) is 0.539. The number of methoxy groups -OCH3 is 1. The van der Waals surface area contributed by atoms with E-state index in [0.717, 1.165) is 7.11 Å². The maximum atomic E-state index is 11.6. The number of rotatable bonds is 2. The summed E-state index contributed by atoms with van der Waals surface area (Å²) >= 11 is 2.54. The molecule has 6 heteroatoms. The monoisotopic (exact) mass is 234 g/mol. The number of alkyl halides is 4. The number of carbonyl (C=O) groups is 1. The molecule has 0 fully saturated rings. The maximum absolute atomic E-state index is 11.6. The minimum absolute atomic E-state index is 0.915. The van der Waals surface area contributed by atoms with Gasteiger partial charge in [-0.2, -0.15) is 13.2 Å². The lowest BCUT2D eigenvalue weighted by atomic mass is 10.3. The highest BCUT2D eigenvalue weighted by atomic mass is 79.9. The molecule has 11 heavy (non-hydrogen) atoms. The second kappa shape index (κ2) is 3.94. The lowest BCUT2D eigenvalue weighted by molar-refractivity contribution is -0.153. The Hall–Kier alpha value is -0.260. The number of esters is 1. The lowest BCUT2D eigenvalue weighted by Crippen LogP contribution is -2.23. The Balaban J connectivity index is 3.87. The Bertz CT molecular complexity index is 145. The summed E-state index contributed by atoms with van der Waals surface area (Å²) in [6.45, 7) is 0. The Morgan fingerprint density at radius 1 is 1.64 bits per heavy atom. The average molecular weight is 235 g/mol. The van der Waals surface area contributed by atoms with Crippen LogP contribution in [-0.4, -0.2) is 24.1 Å². The predicted molar refractivity (Wildman–Crippen MR) is 35.4 cm³/mol. The van der Waals surface area contributed by atoms with Crippen molar-refractivity contribution in [3.63, 3.8) is 0 Å². The van der Waals surface area contributed by atoms with Crippen LogP contribution < -0.4 is 0 Å². The zero-order chi connectivity index (χ0) is 9.07. The second-order valence-electron chi connectivity index (χ2n) is 1.81. The van der Waals surface area contributed by atoms with Crippen molar-refractivity contribution in [1.82, 2.24) is 0 Å². The van der Waals surface area contributed by atoms with Crippen molar-refractivity contribution in [2.24, 2.45) is 0 Å². The Morgan fingerprint density at radius 2 is 2.09 bits per heavy atom. The first-order valence-corrected chi connectivity index (χ1v) is 3.57. The molecule has 1 atom stereocenters. The molecule has 0 N–H and O–H groups in total. The normalized spacial score (nSPS) is 14.3. The minimum atomic E-state index is -4.34. The number of hydrogen-bond acceptors (Lipinski definition) is 2. The topological polar surface area (TPSA) is 26.3 Å². The van der Waals surface area contributed by atoms with Gasteiger partial charge in [-0.25, -0.2) is 0 Å². The van der Waals surface area contributed by atoms with Gasteiger partial charge in [0.1, 0.15) is 4.83 Å². The summed E-state index contributed by atoms with van der Waals surface area (Å²) in [7, 11) is 1.03. The van der Waals surface area contributed by atoms with Crippen LogP contribution in [0.15, 0.2) is 0 Å². The molecular formula is C5H6BrF3O2. The standard InChI is InChI=1S/C5H6BrF3O2/c1-11-4(10)3(6)2-5(7,8)9/h3H,2H2,1H3/t3-/m1/s1. The first kappa shape index (κ1) is 10.7. The van der Waals surface area contributed by atoms with Gasteiger partial charge in [0, 0.05) is 0 Å². The first-order chi connectivity index (χ1) is 4.87. The van der Waals surface area contributed by atoms with Crippen molar-refractivity contribution < 1.29 is 22.7 Å². The molecule has 0 rings (SSSR count). The summed E-state index contributed by atoms with van der Waals surface area (Å²) in [4.78, 5) is 9.12. The molecule has 0 aliphatic carbocycles. The molecule has 0 aromatic carbocycles. The molecule has 66 valence electrons. The summed E-state index contributed by atoms with van der Waals surface area (Å²) in [6.07, 6.45) is -5.55.